The molecule has 0 aliphatic rings. The minimum atomic E-state index is -1.44. The van der Waals surface area contributed by atoms with Gasteiger partial charge >= 0.3 is 18.0 Å². The van der Waals surface area contributed by atoms with Crippen LogP contribution in [-0.2, 0) is 69.3 Å². The lowest BCUT2D eigenvalue weighted by atomic mass is 10.1. The number of nitrogens with two attached hydrogens (primary N) is 1. The minimum absolute atomic E-state index is 0.0178. The molecule has 4 amide bonds. The maximum absolute atomic E-state index is 14.0. The van der Waals surface area contributed by atoms with Crippen LogP contribution in [0.25, 0.3) is 0 Å². The lowest BCUT2D eigenvalue weighted by Gasteiger charge is -2.26. The second kappa shape index (κ2) is 27.4. The summed E-state index contributed by atoms with van der Waals surface area (Å²) < 4.78 is 22.3. The van der Waals surface area contributed by atoms with E-state index in [-0.39, 0.29) is 58.8 Å². The number of hydrogen-bond acceptors (Lipinski definition) is 11. The zero-order valence-corrected chi connectivity index (χ0v) is 35.3. The highest BCUT2D eigenvalue weighted by Crippen LogP contribution is 2.10. The van der Waals surface area contributed by atoms with E-state index in [2.05, 4.69) is 21.3 Å². The van der Waals surface area contributed by atoms with Gasteiger partial charge in [0, 0.05) is 13.0 Å². The van der Waals surface area contributed by atoms with Crippen molar-refractivity contribution in [2.24, 2.45) is 5.73 Å². The van der Waals surface area contributed by atoms with Crippen molar-refractivity contribution in [2.75, 3.05) is 13.2 Å². The van der Waals surface area contributed by atoms with Crippen LogP contribution in [-0.4, -0.2) is 84.3 Å². The number of unbranched alkanes of at least 4 members (excludes halogenated alkanes) is 1. The minimum Gasteiger partial charge on any atom is -0.480 e. The van der Waals surface area contributed by atoms with Crippen LogP contribution in [0.1, 0.15) is 61.3 Å². The van der Waals surface area contributed by atoms with Crippen molar-refractivity contribution in [2.45, 2.75) is 95.7 Å². The van der Waals surface area contributed by atoms with Crippen molar-refractivity contribution in [1.29, 1.82) is 0 Å². The summed E-state index contributed by atoms with van der Waals surface area (Å²) in [6, 6.07) is 31.1. The van der Waals surface area contributed by atoms with Crippen LogP contribution in [0.2, 0.25) is 0 Å². The molecular weight excluding hydrogens is 811 g/mol. The first-order valence-corrected chi connectivity index (χ1v) is 20.8. The van der Waals surface area contributed by atoms with E-state index in [1.807, 2.05) is 97.1 Å². The van der Waals surface area contributed by atoms with Crippen LogP contribution in [0.15, 0.2) is 121 Å². The molecular formula is C47H57N5O11. The van der Waals surface area contributed by atoms with Gasteiger partial charge in [0.2, 0.25) is 17.7 Å². The zero-order valence-electron chi connectivity index (χ0n) is 35.3. The largest absolute Gasteiger partial charge is 0.480 e. The fourth-order valence-corrected chi connectivity index (χ4v) is 6.02. The van der Waals surface area contributed by atoms with Gasteiger partial charge in [-0.2, -0.15) is 0 Å². The average molecular weight is 868 g/mol. The third-order valence-corrected chi connectivity index (χ3v) is 9.72. The molecule has 0 aliphatic heterocycles. The normalized spacial score (nSPS) is 13.2. The van der Waals surface area contributed by atoms with E-state index in [4.69, 9.17) is 24.7 Å². The third-order valence-electron chi connectivity index (χ3n) is 9.72. The highest BCUT2D eigenvalue weighted by Gasteiger charge is 2.32. The molecule has 63 heavy (non-hydrogen) atoms. The summed E-state index contributed by atoms with van der Waals surface area (Å²) in [7, 11) is 0. The highest BCUT2D eigenvalue weighted by molar-refractivity contribution is 5.94. The molecule has 0 radical (unpaired) electrons. The first kappa shape index (κ1) is 49.0. The Kier molecular flexibility index (Phi) is 21.3. The predicted octanol–water partition coefficient (Wildman–Crippen LogP) is 4.30. The van der Waals surface area contributed by atoms with E-state index in [9.17, 15) is 33.9 Å². The summed E-state index contributed by atoms with van der Waals surface area (Å²) in [5.41, 5.74) is 9.51. The maximum atomic E-state index is 14.0. The van der Waals surface area contributed by atoms with Crippen molar-refractivity contribution in [3.63, 3.8) is 0 Å². The lowest BCUT2D eigenvalue weighted by molar-refractivity contribution is -0.146. The Labute approximate surface area is 367 Å². The smallest absolute Gasteiger partial charge is 0.407 e. The van der Waals surface area contributed by atoms with Crippen molar-refractivity contribution in [3.05, 3.63) is 144 Å². The molecule has 0 heterocycles. The number of alkyl carbamates (subject to hydrolysis) is 1. The van der Waals surface area contributed by atoms with Gasteiger partial charge in [-0.3, -0.25) is 19.2 Å². The van der Waals surface area contributed by atoms with Gasteiger partial charge in [0.1, 0.15) is 37.4 Å². The number of amides is 4. The molecule has 0 fully saturated rings. The summed E-state index contributed by atoms with van der Waals surface area (Å²) in [6.45, 7) is 1.83. The van der Waals surface area contributed by atoms with E-state index in [1.54, 1.807) is 31.2 Å². The van der Waals surface area contributed by atoms with E-state index in [1.165, 1.54) is 0 Å². The molecule has 0 spiro atoms. The number of benzene rings is 4. The van der Waals surface area contributed by atoms with Crippen LogP contribution in [0, 0.1) is 0 Å². The topological polar surface area (TPSA) is 234 Å². The Morgan fingerprint density at radius 2 is 1.05 bits per heavy atom. The number of hydrogen-bond donors (Lipinski definition) is 6. The molecule has 4 aromatic rings. The van der Waals surface area contributed by atoms with E-state index < -0.39 is 66.0 Å². The van der Waals surface area contributed by atoms with E-state index in [0.29, 0.717) is 12.8 Å². The Balaban J connectivity index is 1.40. The second-order valence-corrected chi connectivity index (χ2v) is 14.7. The van der Waals surface area contributed by atoms with Crippen LogP contribution in [0.5, 0.6) is 0 Å². The molecule has 0 saturated carbocycles. The van der Waals surface area contributed by atoms with E-state index in [0.717, 1.165) is 22.3 Å². The number of carboxylic acid groups (broad SMARTS) is 1. The monoisotopic (exact) mass is 867 g/mol. The molecule has 0 aliphatic carbocycles. The number of ether oxygens (including phenoxy) is 4. The van der Waals surface area contributed by atoms with Gasteiger partial charge in [-0.1, -0.05) is 121 Å². The summed E-state index contributed by atoms with van der Waals surface area (Å²) in [5, 5.41) is 20.3. The van der Waals surface area contributed by atoms with Crippen molar-refractivity contribution in [1.82, 2.24) is 21.3 Å². The average Bonchev–Trinajstić information content (AvgIpc) is 3.30. The molecule has 5 atom stereocenters. The van der Waals surface area contributed by atoms with Gasteiger partial charge in [-0.25, -0.2) is 9.59 Å². The predicted molar refractivity (Wildman–Crippen MR) is 232 cm³/mol. The van der Waals surface area contributed by atoms with Gasteiger partial charge < -0.3 is 51.1 Å². The highest BCUT2D eigenvalue weighted by atomic mass is 16.5. The number of carbonyl (C=O) groups is 6. The Morgan fingerprint density at radius 1 is 0.571 bits per heavy atom. The van der Waals surface area contributed by atoms with Crippen molar-refractivity contribution in [3.8, 4) is 0 Å². The lowest BCUT2D eigenvalue weighted by Crippen LogP contribution is -2.59. The molecule has 0 aromatic heterocycles. The first-order valence-electron chi connectivity index (χ1n) is 20.8. The number of rotatable bonds is 27. The van der Waals surface area contributed by atoms with Crippen LogP contribution in [0.4, 0.5) is 4.79 Å². The maximum Gasteiger partial charge on any atom is 0.407 e. The molecule has 0 bridgehead atoms. The van der Waals surface area contributed by atoms with Crippen molar-refractivity contribution < 1.29 is 52.8 Å². The summed E-state index contributed by atoms with van der Waals surface area (Å²) in [5.74, 6) is -4.46. The van der Waals surface area contributed by atoms with Gasteiger partial charge in [0.25, 0.3) is 0 Å². The molecule has 336 valence electrons. The summed E-state index contributed by atoms with van der Waals surface area (Å²) in [4.78, 5) is 78.6. The second-order valence-electron chi connectivity index (χ2n) is 14.7. The molecule has 0 saturated heterocycles. The molecule has 4 rings (SSSR count). The Morgan fingerprint density at radius 3 is 1.60 bits per heavy atom. The standard InChI is InChI=1S/C47H57N5O11/c1-33(61-29-35-18-8-3-9-19-35)42(48)45(56)52-40(32-60-28-34-16-6-2-7-17-34)44(55)50-38(25-26-41(53)62-30-36-20-10-4-11-21-36)43(54)51-39(46(57)58)24-14-15-27-49-47(59)63-31-37-22-12-5-13-23-37/h2-13,16-23,33,38-40,42H,14-15,24-32,48H2,1H3,(H,49,59)(H,50,55)(H,51,54)(H,52,56)(H,57,58)/t33-,38+,39+,40+,42+/m1/s1. The van der Waals surface area contributed by atoms with E-state index >= 15 is 0 Å². The number of nitrogens with one attached hydrogen (secondary N) is 4. The summed E-state index contributed by atoms with van der Waals surface area (Å²) >= 11 is 0. The van der Waals surface area contributed by atoms with Gasteiger partial charge in [-0.15, -0.1) is 0 Å². The van der Waals surface area contributed by atoms with Gasteiger partial charge in [0.15, 0.2) is 0 Å². The third kappa shape index (κ3) is 18.9. The number of carbonyl (C=O) groups excluding carboxylic acids is 5. The quantitative estimate of drug-likeness (QED) is 0.0364. The SMILES string of the molecule is C[C@@H](OCc1ccccc1)[C@H](N)C(=O)N[C@@H](COCc1ccccc1)C(=O)N[C@@H](CCC(=O)OCc1ccccc1)C(=O)N[C@@H](CCCCNC(=O)OCc1ccccc1)C(=O)O. The van der Waals surface area contributed by atoms with Gasteiger partial charge in [0.05, 0.1) is 25.9 Å². The fraction of sp³-hybridized carbons (Fsp3) is 0.362. The summed E-state index contributed by atoms with van der Waals surface area (Å²) in [6.07, 6.45) is -1.35. The van der Waals surface area contributed by atoms with Crippen LogP contribution < -0.4 is 27.0 Å². The zero-order chi connectivity index (χ0) is 45.2. The Bertz CT molecular complexity index is 2010. The van der Waals surface area contributed by atoms with Gasteiger partial charge in [-0.05, 0) is 54.9 Å². The first-order chi connectivity index (χ1) is 30.5. The molecule has 16 nitrogen and oxygen atoms in total. The molecule has 16 heteroatoms. The van der Waals surface area contributed by atoms with Crippen molar-refractivity contribution >= 4 is 35.8 Å². The molecule has 7 N–H and O–H groups in total. The Hall–Kier alpha value is -6.62. The number of aliphatic carboxylic acids is 1. The van der Waals surface area contributed by atoms with Crippen LogP contribution in [0.3, 0.4) is 0 Å². The fourth-order valence-electron chi connectivity index (χ4n) is 6.02. The van der Waals surface area contributed by atoms with Crippen LogP contribution >= 0.6 is 0 Å². The molecule has 4 aromatic carbocycles. The molecule has 0 unspecified atom stereocenters. The number of esters is 1. The number of carboxylic acids is 1.